The molecule has 1 aliphatic rings. The van der Waals surface area contributed by atoms with Gasteiger partial charge in [0.1, 0.15) is 0 Å². The standard InChI is InChI=1S/C7H14N2O2/c1-7(6(10)9-2)4-11-3-5(7)8/h5H,3-4,8H2,1-2H3,(H,9,10). The molecule has 1 heterocycles. The normalized spacial score (nSPS) is 37.2. The third-order valence-corrected chi connectivity index (χ3v) is 2.26. The van der Waals surface area contributed by atoms with E-state index in [4.69, 9.17) is 10.5 Å². The Hall–Kier alpha value is -0.610. The predicted molar refractivity (Wildman–Crippen MR) is 41.0 cm³/mol. The fourth-order valence-electron chi connectivity index (χ4n) is 1.21. The van der Waals surface area contributed by atoms with E-state index in [1.54, 1.807) is 7.05 Å². The lowest BCUT2D eigenvalue weighted by atomic mass is 9.85. The lowest BCUT2D eigenvalue weighted by Crippen LogP contribution is -2.48. The first kappa shape index (κ1) is 8.49. The van der Waals surface area contributed by atoms with E-state index in [1.165, 1.54) is 0 Å². The molecular weight excluding hydrogens is 144 g/mol. The van der Waals surface area contributed by atoms with Crippen LogP contribution < -0.4 is 11.1 Å². The topological polar surface area (TPSA) is 64.3 Å². The second-order valence-corrected chi connectivity index (χ2v) is 3.12. The SMILES string of the molecule is CNC(=O)C1(C)COCC1N. The van der Waals surface area contributed by atoms with Crippen LogP contribution in [0.2, 0.25) is 0 Å². The van der Waals surface area contributed by atoms with E-state index in [9.17, 15) is 4.79 Å². The number of nitrogens with one attached hydrogen (secondary N) is 1. The van der Waals surface area contributed by atoms with Gasteiger partial charge in [0.05, 0.1) is 18.6 Å². The largest absolute Gasteiger partial charge is 0.379 e. The van der Waals surface area contributed by atoms with Gasteiger partial charge >= 0.3 is 0 Å². The monoisotopic (exact) mass is 158 g/mol. The maximum atomic E-state index is 11.3. The average molecular weight is 158 g/mol. The Bertz CT molecular complexity index is 172. The van der Waals surface area contributed by atoms with Crippen LogP contribution in [0.3, 0.4) is 0 Å². The van der Waals surface area contributed by atoms with Crippen molar-refractivity contribution in [3.8, 4) is 0 Å². The average Bonchev–Trinajstić information content (AvgIpc) is 2.32. The summed E-state index contributed by atoms with van der Waals surface area (Å²) in [4.78, 5) is 11.3. The van der Waals surface area contributed by atoms with Crippen LogP contribution in [0.4, 0.5) is 0 Å². The highest BCUT2D eigenvalue weighted by molar-refractivity contribution is 5.83. The molecule has 0 aliphatic carbocycles. The van der Waals surface area contributed by atoms with Gasteiger partial charge in [-0.05, 0) is 6.92 Å². The molecule has 1 saturated heterocycles. The summed E-state index contributed by atoms with van der Waals surface area (Å²) in [7, 11) is 1.61. The minimum Gasteiger partial charge on any atom is -0.379 e. The summed E-state index contributed by atoms with van der Waals surface area (Å²) >= 11 is 0. The number of carbonyl (C=O) groups excluding carboxylic acids is 1. The Kier molecular flexibility index (Phi) is 2.15. The van der Waals surface area contributed by atoms with E-state index >= 15 is 0 Å². The molecule has 0 spiro atoms. The maximum absolute atomic E-state index is 11.3. The van der Waals surface area contributed by atoms with E-state index in [1.807, 2.05) is 6.92 Å². The molecule has 3 N–H and O–H groups in total. The number of carbonyl (C=O) groups is 1. The molecule has 4 nitrogen and oxygen atoms in total. The molecule has 0 radical (unpaired) electrons. The van der Waals surface area contributed by atoms with Crippen LogP contribution in [0.25, 0.3) is 0 Å². The summed E-state index contributed by atoms with van der Waals surface area (Å²) in [5, 5.41) is 2.58. The minimum absolute atomic E-state index is 0.0394. The molecule has 0 bridgehead atoms. The van der Waals surface area contributed by atoms with E-state index < -0.39 is 5.41 Å². The van der Waals surface area contributed by atoms with Crippen molar-refractivity contribution in [1.29, 1.82) is 0 Å². The Morgan fingerprint density at radius 3 is 2.82 bits per heavy atom. The molecule has 1 aliphatic heterocycles. The molecule has 2 atom stereocenters. The van der Waals surface area contributed by atoms with Gasteiger partial charge in [0, 0.05) is 13.1 Å². The molecular formula is C7H14N2O2. The molecule has 11 heavy (non-hydrogen) atoms. The molecule has 0 aromatic rings. The third kappa shape index (κ3) is 1.23. The van der Waals surface area contributed by atoms with Gasteiger partial charge in [0.25, 0.3) is 0 Å². The minimum atomic E-state index is -0.533. The van der Waals surface area contributed by atoms with Crippen LogP contribution >= 0.6 is 0 Å². The molecule has 0 aromatic heterocycles. The Morgan fingerprint density at radius 1 is 1.82 bits per heavy atom. The first-order chi connectivity index (χ1) is 5.11. The quantitative estimate of drug-likeness (QED) is 0.519. The van der Waals surface area contributed by atoms with Gasteiger partial charge in [-0.15, -0.1) is 0 Å². The van der Waals surface area contributed by atoms with Crippen molar-refractivity contribution in [2.24, 2.45) is 11.1 Å². The number of amides is 1. The number of hydrogen-bond donors (Lipinski definition) is 2. The second kappa shape index (κ2) is 2.79. The Balaban J connectivity index is 2.72. The van der Waals surface area contributed by atoms with Gasteiger partial charge in [0.2, 0.25) is 5.91 Å². The molecule has 1 rings (SSSR count). The summed E-state index contributed by atoms with van der Waals surface area (Å²) in [6.07, 6.45) is 0. The van der Waals surface area contributed by atoms with Crippen molar-refractivity contribution in [1.82, 2.24) is 5.32 Å². The van der Waals surface area contributed by atoms with Crippen LogP contribution in [0.15, 0.2) is 0 Å². The zero-order chi connectivity index (χ0) is 8.48. The Morgan fingerprint density at radius 2 is 2.45 bits per heavy atom. The summed E-state index contributed by atoms with van der Waals surface area (Å²) in [6.45, 7) is 2.72. The number of ether oxygens (including phenoxy) is 1. The lowest BCUT2D eigenvalue weighted by molar-refractivity contribution is -0.130. The van der Waals surface area contributed by atoms with Gasteiger partial charge in [-0.1, -0.05) is 0 Å². The van der Waals surface area contributed by atoms with Crippen LogP contribution in [0.1, 0.15) is 6.92 Å². The van der Waals surface area contributed by atoms with Crippen LogP contribution in [-0.4, -0.2) is 32.2 Å². The number of rotatable bonds is 1. The molecule has 0 aromatic carbocycles. The lowest BCUT2D eigenvalue weighted by Gasteiger charge is -2.23. The molecule has 1 amide bonds. The zero-order valence-corrected chi connectivity index (χ0v) is 6.89. The summed E-state index contributed by atoms with van der Waals surface area (Å²) in [6, 6.07) is -0.178. The van der Waals surface area contributed by atoms with E-state index in [-0.39, 0.29) is 11.9 Å². The van der Waals surface area contributed by atoms with Gasteiger partial charge in [-0.2, -0.15) is 0 Å². The van der Waals surface area contributed by atoms with Gasteiger partial charge in [0.15, 0.2) is 0 Å². The molecule has 1 fully saturated rings. The number of hydrogen-bond acceptors (Lipinski definition) is 3. The first-order valence-corrected chi connectivity index (χ1v) is 3.67. The zero-order valence-electron chi connectivity index (χ0n) is 6.89. The highest BCUT2D eigenvalue weighted by Crippen LogP contribution is 2.26. The smallest absolute Gasteiger partial charge is 0.229 e. The summed E-state index contributed by atoms with van der Waals surface area (Å²) < 4.78 is 5.11. The van der Waals surface area contributed by atoms with E-state index in [0.29, 0.717) is 13.2 Å². The van der Waals surface area contributed by atoms with Crippen molar-refractivity contribution in [3.63, 3.8) is 0 Å². The second-order valence-electron chi connectivity index (χ2n) is 3.12. The van der Waals surface area contributed by atoms with Crippen molar-refractivity contribution in [2.75, 3.05) is 20.3 Å². The Labute approximate surface area is 66.1 Å². The van der Waals surface area contributed by atoms with Crippen LogP contribution in [0, 0.1) is 5.41 Å². The van der Waals surface area contributed by atoms with Crippen molar-refractivity contribution in [2.45, 2.75) is 13.0 Å². The van der Waals surface area contributed by atoms with Gasteiger partial charge < -0.3 is 15.8 Å². The van der Waals surface area contributed by atoms with E-state index in [2.05, 4.69) is 5.32 Å². The summed E-state index contributed by atoms with van der Waals surface area (Å²) in [5.74, 6) is -0.0394. The van der Waals surface area contributed by atoms with Crippen molar-refractivity contribution in [3.05, 3.63) is 0 Å². The van der Waals surface area contributed by atoms with Crippen molar-refractivity contribution < 1.29 is 9.53 Å². The van der Waals surface area contributed by atoms with Crippen molar-refractivity contribution >= 4 is 5.91 Å². The highest BCUT2D eigenvalue weighted by Gasteiger charge is 2.43. The predicted octanol–water partition coefficient (Wildman–Crippen LogP) is -0.904. The first-order valence-electron chi connectivity index (χ1n) is 3.67. The van der Waals surface area contributed by atoms with Gasteiger partial charge in [-0.25, -0.2) is 0 Å². The molecule has 2 unspecified atom stereocenters. The van der Waals surface area contributed by atoms with Gasteiger partial charge in [-0.3, -0.25) is 4.79 Å². The fourth-order valence-corrected chi connectivity index (χ4v) is 1.21. The summed E-state index contributed by atoms with van der Waals surface area (Å²) in [5.41, 5.74) is 5.17. The maximum Gasteiger partial charge on any atom is 0.229 e. The van der Waals surface area contributed by atoms with Crippen LogP contribution in [-0.2, 0) is 9.53 Å². The molecule has 64 valence electrons. The van der Waals surface area contributed by atoms with E-state index in [0.717, 1.165) is 0 Å². The fraction of sp³-hybridized carbons (Fsp3) is 0.857. The number of nitrogens with two attached hydrogens (primary N) is 1. The molecule has 4 heteroatoms. The van der Waals surface area contributed by atoms with Crippen LogP contribution in [0.5, 0.6) is 0 Å². The highest BCUT2D eigenvalue weighted by atomic mass is 16.5. The third-order valence-electron chi connectivity index (χ3n) is 2.26. The molecule has 0 saturated carbocycles.